The van der Waals surface area contributed by atoms with Crippen LogP contribution >= 0.6 is 0 Å². The lowest BCUT2D eigenvalue weighted by Gasteiger charge is -2.29. The summed E-state index contributed by atoms with van der Waals surface area (Å²) in [4.78, 5) is 8.48. The molecule has 0 radical (unpaired) electrons. The second-order valence-corrected chi connectivity index (χ2v) is 4.99. The molecule has 4 nitrogen and oxygen atoms in total. The number of aromatic nitrogens is 2. The van der Waals surface area contributed by atoms with Gasteiger partial charge in [-0.1, -0.05) is 13.3 Å². The van der Waals surface area contributed by atoms with Crippen LogP contribution in [0.1, 0.15) is 31.7 Å². The molecule has 2 N–H and O–H groups in total. The van der Waals surface area contributed by atoms with Crippen LogP contribution in [0.5, 0.6) is 0 Å². The van der Waals surface area contributed by atoms with E-state index in [0.29, 0.717) is 5.95 Å². The summed E-state index contributed by atoms with van der Waals surface area (Å²) in [6.45, 7) is 4.31. The molecule has 1 saturated carbocycles. The monoisotopic (exact) mass is 221 g/mol. The van der Waals surface area contributed by atoms with Crippen molar-refractivity contribution >= 4 is 5.95 Å². The van der Waals surface area contributed by atoms with Gasteiger partial charge in [0.15, 0.2) is 0 Å². The molecule has 4 heteroatoms. The summed E-state index contributed by atoms with van der Waals surface area (Å²) in [5.74, 6) is 0.664. The summed E-state index contributed by atoms with van der Waals surface area (Å²) in [7, 11) is 0. The summed E-state index contributed by atoms with van der Waals surface area (Å²) in [6.07, 6.45) is 6.91. The van der Waals surface area contributed by atoms with Gasteiger partial charge in [0.05, 0.1) is 6.61 Å². The van der Waals surface area contributed by atoms with Crippen LogP contribution in [0.25, 0.3) is 0 Å². The number of aliphatic hydroxyl groups is 1. The highest BCUT2D eigenvalue weighted by atomic mass is 16.3. The van der Waals surface area contributed by atoms with Crippen molar-refractivity contribution in [3.63, 3.8) is 0 Å². The van der Waals surface area contributed by atoms with Crippen molar-refractivity contribution in [3.8, 4) is 0 Å². The van der Waals surface area contributed by atoms with Gasteiger partial charge in [0.25, 0.3) is 0 Å². The van der Waals surface area contributed by atoms with Crippen molar-refractivity contribution in [2.75, 3.05) is 11.9 Å². The number of anilines is 1. The zero-order valence-electron chi connectivity index (χ0n) is 9.90. The lowest BCUT2D eigenvalue weighted by Crippen LogP contribution is -2.37. The SMILES string of the molecule is Cc1cnc(NC2CCCC2(C)CO)nc1. The Balaban J connectivity index is 2.07. The molecule has 0 amide bonds. The summed E-state index contributed by atoms with van der Waals surface area (Å²) in [6, 6.07) is 0.278. The second kappa shape index (κ2) is 4.37. The normalized spacial score (nSPS) is 29.3. The number of aryl methyl sites for hydroxylation is 1. The molecule has 0 aliphatic heterocycles. The van der Waals surface area contributed by atoms with E-state index in [1.807, 2.05) is 6.92 Å². The third-order valence-electron chi connectivity index (χ3n) is 3.53. The molecule has 1 heterocycles. The van der Waals surface area contributed by atoms with Gasteiger partial charge >= 0.3 is 0 Å². The van der Waals surface area contributed by atoms with Crippen molar-refractivity contribution in [1.29, 1.82) is 0 Å². The first kappa shape index (κ1) is 11.3. The molecule has 1 fully saturated rings. The highest BCUT2D eigenvalue weighted by Crippen LogP contribution is 2.38. The van der Waals surface area contributed by atoms with E-state index in [0.717, 1.165) is 24.8 Å². The highest BCUT2D eigenvalue weighted by Gasteiger charge is 2.38. The standard InChI is InChI=1S/C12H19N3O/c1-9-6-13-11(14-7-9)15-10-4-3-5-12(10,2)8-16/h6-7,10,16H,3-5,8H2,1-2H3,(H,13,14,15). The van der Waals surface area contributed by atoms with Crippen molar-refractivity contribution in [1.82, 2.24) is 9.97 Å². The fourth-order valence-electron chi connectivity index (χ4n) is 2.29. The maximum Gasteiger partial charge on any atom is 0.222 e. The van der Waals surface area contributed by atoms with Crippen LogP contribution in [-0.4, -0.2) is 27.7 Å². The summed E-state index contributed by atoms with van der Waals surface area (Å²) < 4.78 is 0. The average Bonchev–Trinajstić information content (AvgIpc) is 2.65. The van der Waals surface area contributed by atoms with E-state index >= 15 is 0 Å². The van der Waals surface area contributed by atoms with Gasteiger partial charge in [0.2, 0.25) is 5.95 Å². The number of aliphatic hydroxyl groups excluding tert-OH is 1. The predicted octanol–water partition coefficient (Wildman–Crippen LogP) is 1.75. The Morgan fingerprint density at radius 1 is 1.50 bits per heavy atom. The van der Waals surface area contributed by atoms with Gasteiger partial charge in [-0.05, 0) is 25.3 Å². The Labute approximate surface area is 96.1 Å². The maximum absolute atomic E-state index is 9.44. The third-order valence-corrected chi connectivity index (χ3v) is 3.53. The van der Waals surface area contributed by atoms with Gasteiger partial charge in [0.1, 0.15) is 0 Å². The molecule has 1 aromatic heterocycles. The van der Waals surface area contributed by atoms with Gasteiger partial charge in [0, 0.05) is 23.9 Å². The van der Waals surface area contributed by atoms with Crippen molar-refractivity contribution in [2.45, 2.75) is 39.2 Å². The van der Waals surface area contributed by atoms with Gasteiger partial charge in [-0.25, -0.2) is 9.97 Å². The van der Waals surface area contributed by atoms with Crippen LogP contribution in [0.2, 0.25) is 0 Å². The first-order valence-electron chi connectivity index (χ1n) is 5.80. The molecule has 2 rings (SSSR count). The second-order valence-electron chi connectivity index (χ2n) is 4.99. The molecular formula is C12H19N3O. The smallest absolute Gasteiger partial charge is 0.222 e. The van der Waals surface area contributed by atoms with Gasteiger partial charge in [-0.3, -0.25) is 0 Å². The highest BCUT2D eigenvalue weighted by molar-refractivity contribution is 5.28. The van der Waals surface area contributed by atoms with Gasteiger partial charge < -0.3 is 10.4 Å². The maximum atomic E-state index is 9.44. The summed E-state index contributed by atoms with van der Waals surface area (Å²) in [5, 5.41) is 12.8. The minimum atomic E-state index is -0.0335. The van der Waals surface area contributed by atoms with Crippen LogP contribution in [0.15, 0.2) is 12.4 Å². The lowest BCUT2D eigenvalue weighted by atomic mass is 9.86. The van der Waals surface area contributed by atoms with Crippen LogP contribution in [-0.2, 0) is 0 Å². The average molecular weight is 221 g/mol. The first-order valence-corrected chi connectivity index (χ1v) is 5.80. The van der Waals surface area contributed by atoms with Crippen LogP contribution in [0, 0.1) is 12.3 Å². The Kier molecular flexibility index (Phi) is 3.10. The molecule has 2 unspecified atom stereocenters. The third kappa shape index (κ3) is 2.16. The lowest BCUT2D eigenvalue weighted by molar-refractivity contribution is 0.138. The van der Waals surface area contributed by atoms with E-state index in [2.05, 4.69) is 22.2 Å². The van der Waals surface area contributed by atoms with Crippen LogP contribution < -0.4 is 5.32 Å². The van der Waals surface area contributed by atoms with E-state index < -0.39 is 0 Å². The molecule has 0 saturated heterocycles. The molecule has 0 bridgehead atoms. The minimum absolute atomic E-state index is 0.0335. The Hall–Kier alpha value is -1.16. The van der Waals surface area contributed by atoms with Crippen molar-refractivity contribution in [3.05, 3.63) is 18.0 Å². The molecule has 2 atom stereocenters. The fraction of sp³-hybridized carbons (Fsp3) is 0.667. The molecule has 1 aliphatic rings. The Morgan fingerprint density at radius 3 is 2.81 bits per heavy atom. The predicted molar refractivity (Wildman–Crippen MR) is 63.2 cm³/mol. The molecule has 0 aromatic carbocycles. The number of nitrogens with one attached hydrogen (secondary N) is 1. The van der Waals surface area contributed by atoms with E-state index in [-0.39, 0.29) is 18.1 Å². The molecule has 1 aliphatic carbocycles. The number of hydrogen-bond donors (Lipinski definition) is 2. The van der Waals surface area contributed by atoms with E-state index in [1.165, 1.54) is 0 Å². The molecule has 88 valence electrons. The number of rotatable bonds is 3. The molecule has 16 heavy (non-hydrogen) atoms. The molecule has 1 aromatic rings. The largest absolute Gasteiger partial charge is 0.396 e. The van der Waals surface area contributed by atoms with E-state index in [1.54, 1.807) is 12.4 Å². The van der Waals surface area contributed by atoms with Crippen molar-refractivity contribution in [2.24, 2.45) is 5.41 Å². The van der Waals surface area contributed by atoms with E-state index in [9.17, 15) is 5.11 Å². The Morgan fingerprint density at radius 2 is 2.19 bits per heavy atom. The van der Waals surface area contributed by atoms with Gasteiger partial charge in [-0.15, -0.1) is 0 Å². The first-order chi connectivity index (χ1) is 7.64. The van der Waals surface area contributed by atoms with E-state index in [4.69, 9.17) is 0 Å². The number of nitrogens with zero attached hydrogens (tertiary/aromatic N) is 2. The topological polar surface area (TPSA) is 58.0 Å². The minimum Gasteiger partial charge on any atom is -0.396 e. The molecular weight excluding hydrogens is 202 g/mol. The molecule has 0 spiro atoms. The zero-order valence-corrected chi connectivity index (χ0v) is 9.90. The van der Waals surface area contributed by atoms with Crippen molar-refractivity contribution < 1.29 is 5.11 Å². The van der Waals surface area contributed by atoms with Crippen LogP contribution in [0.3, 0.4) is 0 Å². The van der Waals surface area contributed by atoms with Gasteiger partial charge in [-0.2, -0.15) is 0 Å². The zero-order chi connectivity index (χ0) is 11.6. The summed E-state index contributed by atoms with van der Waals surface area (Å²) in [5.41, 5.74) is 1.02. The number of hydrogen-bond acceptors (Lipinski definition) is 4. The quantitative estimate of drug-likeness (QED) is 0.816. The Bertz CT molecular complexity index is 352. The fourth-order valence-corrected chi connectivity index (χ4v) is 2.29. The summed E-state index contributed by atoms with van der Waals surface area (Å²) >= 11 is 0. The van der Waals surface area contributed by atoms with Crippen LogP contribution in [0.4, 0.5) is 5.95 Å².